The zero-order valence-corrected chi connectivity index (χ0v) is 12.1. The summed E-state index contributed by atoms with van der Waals surface area (Å²) < 4.78 is 1.84. The minimum absolute atomic E-state index is 0.608. The lowest BCUT2D eigenvalue weighted by molar-refractivity contribution is 0.687. The van der Waals surface area contributed by atoms with Gasteiger partial charge in [-0.1, -0.05) is 12.1 Å². The Morgan fingerprint density at radius 3 is 3.09 bits per heavy atom. The molecule has 0 amide bonds. The lowest BCUT2D eigenvalue weighted by Crippen LogP contribution is -1.99. The molecule has 0 bridgehead atoms. The number of H-pyrrole nitrogens is 1. The Labute approximate surface area is 132 Å². The van der Waals surface area contributed by atoms with Crippen molar-refractivity contribution < 1.29 is 0 Å². The van der Waals surface area contributed by atoms with Crippen molar-refractivity contribution in [1.82, 2.24) is 24.7 Å². The first-order valence-electron chi connectivity index (χ1n) is 7.13. The van der Waals surface area contributed by atoms with Crippen molar-refractivity contribution >= 4 is 11.0 Å². The number of rotatable bonds is 3. The summed E-state index contributed by atoms with van der Waals surface area (Å²) in [6.07, 6.45) is 7.14. The van der Waals surface area contributed by atoms with Crippen LogP contribution in [0.3, 0.4) is 0 Å². The van der Waals surface area contributed by atoms with E-state index in [0.29, 0.717) is 12.1 Å². The maximum absolute atomic E-state index is 8.97. The number of benzene rings is 1. The largest absolute Gasteiger partial charge is 0.346 e. The predicted octanol–water partition coefficient (Wildman–Crippen LogP) is 2.74. The second kappa shape index (κ2) is 5.39. The van der Waals surface area contributed by atoms with Crippen LogP contribution in [0.25, 0.3) is 22.3 Å². The molecule has 110 valence electrons. The molecule has 0 fully saturated rings. The molecule has 0 spiro atoms. The first kappa shape index (κ1) is 13.2. The van der Waals surface area contributed by atoms with E-state index in [-0.39, 0.29) is 0 Å². The molecule has 4 rings (SSSR count). The number of hydrogen-bond donors (Lipinski definition) is 1. The fourth-order valence-electron chi connectivity index (χ4n) is 2.60. The molecule has 0 saturated heterocycles. The molecule has 1 N–H and O–H groups in total. The van der Waals surface area contributed by atoms with Crippen LogP contribution in [0.4, 0.5) is 0 Å². The van der Waals surface area contributed by atoms with Gasteiger partial charge in [-0.15, -0.1) is 0 Å². The van der Waals surface area contributed by atoms with Crippen molar-refractivity contribution in [3.05, 3.63) is 66.4 Å². The van der Waals surface area contributed by atoms with Gasteiger partial charge in [0.2, 0.25) is 0 Å². The van der Waals surface area contributed by atoms with Crippen molar-refractivity contribution in [2.24, 2.45) is 0 Å². The van der Waals surface area contributed by atoms with Crippen LogP contribution >= 0.6 is 0 Å². The van der Waals surface area contributed by atoms with Crippen LogP contribution in [0.1, 0.15) is 11.1 Å². The highest BCUT2D eigenvalue weighted by Gasteiger charge is 2.09. The molecule has 6 nitrogen and oxygen atoms in total. The number of aromatic amines is 1. The van der Waals surface area contributed by atoms with Crippen LogP contribution in [0, 0.1) is 11.3 Å². The zero-order chi connectivity index (χ0) is 15.6. The summed E-state index contributed by atoms with van der Waals surface area (Å²) in [6, 6.07) is 11.6. The molecule has 3 aromatic heterocycles. The number of nitriles is 1. The highest BCUT2D eigenvalue weighted by molar-refractivity contribution is 5.89. The van der Waals surface area contributed by atoms with Crippen molar-refractivity contribution in [3.8, 4) is 17.3 Å². The third kappa shape index (κ3) is 2.45. The molecule has 0 unspecified atom stereocenters. The second-order valence-electron chi connectivity index (χ2n) is 5.20. The van der Waals surface area contributed by atoms with Crippen LogP contribution in [0.15, 0.2) is 55.2 Å². The molecule has 0 saturated carbocycles. The van der Waals surface area contributed by atoms with Crippen molar-refractivity contribution in [1.29, 1.82) is 5.26 Å². The van der Waals surface area contributed by atoms with Gasteiger partial charge in [-0.25, -0.2) is 9.97 Å². The SMILES string of the molecule is N#Cc1cccc(Cn2cc(-c3ncnc4[nH]ccc34)cn2)c1. The third-order valence-electron chi connectivity index (χ3n) is 3.66. The van der Waals surface area contributed by atoms with Crippen LogP contribution in [0.2, 0.25) is 0 Å². The topological polar surface area (TPSA) is 83.2 Å². The van der Waals surface area contributed by atoms with E-state index in [1.165, 1.54) is 0 Å². The normalized spacial score (nSPS) is 10.7. The number of nitrogens with zero attached hydrogens (tertiary/aromatic N) is 5. The molecule has 0 aliphatic heterocycles. The lowest BCUT2D eigenvalue weighted by Gasteiger charge is -2.02. The predicted molar refractivity (Wildman–Crippen MR) is 85.4 cm³/mol. The number of fused-ring (bicyclic) bond motifs is 1. The molecule has 23 heavy (non-hydrogen) atoms. The molecule has 6 heteroatoms. The summed E-state index contributed by atoms with van der Waals surface area (Å²) >= 11 is 0. The fourth-order valence-corrected chi connectivity index (χ4v) is 2.60. The Kier molecular flexibility index (Phi) is 3.10. The Morgan fingerprint density at radius 2 is 2.17 bits per heavy atom. The molecule has 0 aliphatic carbocycles. The zero-order valence-electron chi connectivity index (χ0n) is 12.1. The van der Waals surface area contributed by atoms with E-state index in [1.807, 2.05) is 41.3 Å². The molecule has 3 heterocycles. The molecule has 4 aromatic rings. The van der Waals surface area contributed by atoms with Crippen LogP contribution in [0.5, 0.6) is 0 Å². The van der Waals surface area contributed by atoms with Crippen LogP contribution in [-0.4, -0.2) is 24.7 Å². The molecule has 0 radical (unpaired) electrons. The summed E-state index contributed by atoms with van der Waals surface area (Å²) in [5.41, 5.74) is 4.29. The molecule has 0 aliphatic rings. The molecule has 0 atom stereocenters. The Morgan fingerprint density at radius 1 is 1.22 bits per heavy atom. The van der Waals surface area contributed by atoms with E-state index < -0.39 is 0 Å². The maximum atomic E-state index is 8.97. The van der Waals surface area contributed by atoms with Gasteiger partial charge in [0.1, 0.15) is 12.0 Å². The van der Waals surface area contributed by atoms with E-state index in [0.717, 1.165) is 27.9 Å². The van der Waals surface area contributed by atoms with Gasteiger partial charge in [0, 0.05) is 23.3 Å². The quantitative estimate of drug-likeness (QED) is 0.630. The Hall–Kier alpha value is -3.46. The number of nitrogens with one attached hydrogen (secondary N) is 1. The molecular weight excluding hydrogens is 288 g/mol. The van der Waals surface area contributed by atoms with Crippen molar-refractivity contribution in [3.63, 3.8) is 0 Å². The summed E-state index contributed by atoms with van der Waals surface area (Å²) in [6.45, 7) is 0.608. The van der Waals surface area contributed by atoms with Crippen LogP contribution < -0.4 is 0 Å². The van der Waals surface area contributed by atoms with Crippen molar-refractivity contribution in [2.45, 2.75) is 6.54 Å². The highest BCUT2D eigenvalue weighted by atomic mass is 15.3. The summed E-state index contributed by atoms with van der Waals surface area (Å²) in [5, 5.41) is 14.3. The lowest BCUT2D eigenvalue weighted by atomic mass is 10.1. The average Bonchev–Trinajstić information content (AvgIpc) is 3.23. The van der Waals surface area contributed by atoms with E-state index in [2.05, 4.69) is 26.1 Å². The highest BCUT2D eigenvalue weighted by Crippen LogP contribution is 2.24. The first-order chi connectivity index (χ1) is 11.3. The molecular formula is C17H12N6. The van der Waals surface area contributed by atoms with Gasteiger partial charge in [0.05, 0.1) is 30.1 Å². The van der Waals surface area contributed by atoms with Gasteiger partial charge in [-0.3, -0.25) is 4.68 Å². The average molecular weight is 300 g/mol. The Bertz CT molecular complexity index is 1020. The minimum Gasteiger partial charge on any atom is -0.346 e. The van der Waals surface area contributed by atoms with E-state index in [9.17, 15) is 0 Å². The van der Waals surface area contributed by atoms with Gasteiger partial charge in [0.15, 0.2) is 0 Å². The summed E-state index contributed by atoms with van der Waals surface area (Å²) in [4.78, 5) is 11.6. The van der Waals surface area contributed by atoms with E-state index >= 15 is 0 Å². The smallest absolute Gasteiger partial charge is 0.141 e. The van der Waals surface area contributed by atoms with E-state index in [4.69, 9.17) is 5.26 Å². The van der Waals surface area contributed by atoms with Crippen molar-refractivity contribution in [2.75, 3.05) is 0 Å². The van der Waals surface area contributed by atoms with Gasteiger partial charge >= 0.3 is 0 Å². The monoisotopic (exact) mass is 300 g/mol. The van der Waals surface area contributed by atoms with Gasteiger partial charge in [-0.05, 0) is 23.8 Å². The van der Waals surface area contributed by atoms with Gasteiger partial charge in [-0.2, -0.15) is 10.4 Å². The van der Waals surface area contributed by atoms with Gasteiger partial charge < -0.3 is 4.98 Å². The summed E-state index contributed by atoms with van der Waals surface area (Å²) in [7, 11) is 0. The number of aromatic nitrogens is 5. The standard InChI is InChI=1S/C17H12N6/c18-7-12-2-1-3-13(6-12)9-23-10-14(8-22-23)16-15-4-5-19-17(15)21-11-20-16/h1-6,8,10-11H,9H2,(H,19,20,21). The van der Waals surface area contributed by atoms with Crippen LogP contribution in [-0.2, 0) is 6.54 Å². The van der Waals surface area contributed by atoms with Gasteiger partial charge in [0.25, 0.3) is 0 Å². The second-order valence-corrected chi connectivity index (χ2v) is 5.20. The summed E-state index contributed by atoms with van der Waals surface area (Å²) in [5.74, 6) is 0. The third-order valence-corrected chi connectivity index (χ3v) is 3.66. The Balaban J connectivity index is 1.67. The molecule has 1 aromatic carbocycles. The first-order valence-corrected chi connectivity index (χ1v) is 7.13. The fraction of sp³-hybridized carbons (Fsp3) is 0.0588. The maximum Gasteiger partial charge on any atom is 0.141 e. The minimum atomic E-state index is 0.608. The number of hydrogen-bond acceptors (Lipinski definition) is 4. The van der Waals surface area contributed by atoms with E-state index in [1.54, 1.807) is 18.6 Å².